The van der Waals surface area contributed by atoms with E-state index in [2.05, 4.69) is 20.4 Å². The molecule has 0 radical (unpaired) electrons. The Morgan fingerprint density at radius 3 is 2.70 bits per heavy atom. The molecule has 1 N–H and O–H groups in total. The Balaban J connectivity index is 1.42. The normalized spacial score (nSPS) is 29.6. The summed E-state index contributed by atoms with van der Waals surface area (Å²) < 4.78 is 10.6. The standard InChI is InChI=1S/C21H33N5O4/c1-15-22-20(30-24-15)21-10-17(9-16(21)11-26(14-21)19(28)13-29-2)23-18(27)12-25-7-5-3-4-6-8-25/h16-17H,3-14H2,1-2H3,(H,23,27)/t16?,17-,21+/m1/s1. The van der Waals surface area contributed by atoms with Crippen LogP contribution in [0.1, 0.15) is 50.2 Å². The fourth-order valence-corrected chi connectivity index (χ4v) is 5.49. The molecule has 0 bridgehead atoms. The second-order valence-electron chi connectivity index (χ2n) is 9.10. The molecule has 3 atom stereocenters. The minimum atomic E-state index is -0.398. The van der Waals surface area contributed by atoms with Crippen LogP contribution in [-0.2, 0) is 19.7 Å². The largest absolute Gasteiger partial charge is 0.375 e. The van der Waals surface area contributed by atoms with Crippen LogP contribution >= 0.6 is 0 Å². The number of carbonyl (C=O) groups is 2. The van der Waals surface area contributed by atoms with Crippen LogP contribution in [0.5, 0.6) is 0 Å². The number of fused-ring (bicyclic) bond motifs is 1. The highest BCUT2D eigenvalue weighted by Crippen LogP contribution is 2.50. The Labute approximate surface area is 177 Å². The molecule has 4 rings (SSSR count). The second-order valence-corrected chi connectivity index (χ2v) is 9.10. The van der Waals surface area contributed by atoms with E-state index in [1.165, 1.54) is 32.8 Å². The van der Waals surface area contributed by atoms with Crippen molar-refractivity contribution in [1.29, 1.82) is 0 Å². The van der Waals surface area contributed by atoms with Crippen LogP contribution in [-0.4, -0.2) is 84.2 Å². The Hall–Kier alpha value is -2.00. The molecule has 0 spiro atoms. The van der Waals surface area contributed by atoms with Crippen LogP contribution in [0.4, 0.5) is 0 Å². The Morgan fingerprint density at radius 1 is 1.27 bits per heavy atom. The lowest BCUT2D eigenvalue weighted by molar-refractivity contribution is -0.134. The van der Waals surface area contributed by atoms with Crippen molar-refractivity contribution in [3.8, 4) is 0 Å². The lowest BCUT2D eigenvalue weighted by Gasteiger charge is -2.26. The molecule has 30 heavy (non-hydrogen) atoms. The van der Waals surface area contributed by atoms with Gasteiger partial charge in [0.25, 0.3) is 0 Å². The fraction of sp³-hybridized carbons (Fsp3) is 0.810. The van der Waals surface area contributed by atoms with E-state index in [4.69, 9.17) is 9.26 Å². The number of aryl methyl sites for hydroxylation is 1. The predicted molar refractivity (Wildman–Crippen MR) is 109 cm³/mol. The highest BCUT2D eigenvalue weighted by Gasteiger charge is 2.58. The zero-order chi connectivity index (χ0) is 21.1. The van der Waals surface area contributed by atoms with E-state index in [1.807, 2.05) is 4.90 Å². The van der Waals surface area contributed by atoms with Crippen LogP contribution < -0.4 is 5.32 Å². The number of nitrogens with zero attached hydrogens (tertiary/aromatic N) is 4. The van der Waals surface area contributed by atoms with Gasteiger partial charge in [0.1, 0.15) is 6.61 Å². The van der Waals surface area contributed by atoms with Gasteiger partial charge < -0.3 is 19.5 Å². The van der Waals surface area contributed by atoms with E-state index in [-0.39, 0.29) is 30.4 Å². The van der Waals surface area contributed by atoms with Crippen molar-refractivity contribution in [3.05, 3.63) is 11.7 Å². The molecule has 9 heteroatoms. The van der Waals surface area contributed by atoms with E-state index in [0.29, 0.717) is 37.8 Å². The van der Waals surface area contributed by atoms with E-state index in [9.17, 15) is 9.59 Å². The van der Waals surface area contributed by atoms with Gasteiger partial charge in [0.05, 0.1) is 12.0 Å². The number of nitrogens with one attached hydrogen (secondary N) is 1. The van der Waals surface area contributed by atoms with Gasteiger partial charge in [-0.2, -0.15) is 4.98 Å². The third-order valence-electron chi connectivity index (χ3n) is 6.88. The van der Waals surface area contributed by atoms with Crippen molar-refractivity contribution in [2.45, 2.75) is 56.9 Å². The molecule has 2 aliphatic heterocycles. The van der Waals surface area contributed by atoms with Gasteiger partial charge in [-0.3, -0.25) is 14.5 Å². The Bertz CT molecular complexity index is 760. The summed E-state index contributed by atoms with van der Waals surface area (Å²) in [5.74, 6) is 1.42. The molecule has 2 saturated heterocycles. The number of likely N-dealkylation sites (tertiary alicyclic amines) is 2. The summed E-state index contributed by atoms with van der Waals surface area (Å²) in [5.41, 5.74) is -0.398. The minimum Gasteiger partial charge on any atom is -0.375 e. The molecular weight excluding hydrogens is 386 g/mol. The highest BCUT2D eigenvalue weighted by molar-refractivity contribution is 5.79. The minimum absolute atomic E-state index is 0.0238. The summed E-state index contributed by atoms with van der Waals surface area (Å²) in [5, 5.41) is 7.23. The van der Waals surface area contributed by atoms with Crippen LogP contribution in [0.25, 0.3) is 0 Å². The van der Waals surface area contributed by atoms with Gasteiger partial charge in [-0.05, 0) is 51.6 Å². The van der Waals surface area contributed by atoms with Crippen LogP contribution in [0.15, 0.2) is 4.52 Å². The number of ether oxygens (including phenoxy) is 1. The zero-order valence-electron chi connectivity index (χ0n) is 18.1. The van der Waals surface area contributed by atoms with E-state index >= 15 is 0 Å². The summed E-state index contributed by atoms with van der Waals surface area (Å²) in [4.78, 5) is 33.8. The summed E-state index contributed by atoms with van der Waals surface area (Å²) in [6.07, 6.45) is 6.37. The van der Waals surface area contributed by atoms with Gasteiger partial charge in [0, 0.05) is 26.2 Å². The quantitative estimate of drug-likeness (QED) is 0.730. The SMILES string of the molecule is COCC(=O)N1CC2C[C@@H](NC(=O)CN3CCCCCC3)C[C@]2(c2nc(C)no2)C1. The number of hydrogen-bond acceptors (Lipinski definition) is 7. The number of rotatable bonds is 6. The second kappa shape index (κ2) is 9.01. The zero-order valence-corrected chi connectivity index (χ0v) is 18.1. The summed E-state index contributed by atoms with van der Waals surface area (Å²) in [6.45, 7) is 5.50. The van der Waals surface area contributed by atoms with Crippen LogP contribution in [0.3, 0.4) is 0 Å². The molecule has 9 nitrogen and oxygen atoms in total. The lowest BCUT2D eigenvalue weighted by atomic mass is 9.80. The molecule has 3 aliphatic rings. The summed E-state index contributed by atoms with van der Waals surface area (Å²) in [7, 11) is 1.53. The highest BCUT2D eigenvalue weighted by atomic mass is 16.5. The molecule has 1 aromatic heterocycles. The van der Waals surface area contributed by atoms with Crippen molar-refractivity contribution in [1.82, 2.24) is 25.3 Å². The maximum atomic E-state index is 12.7. The van der Waals surface area contributed by atoms with E-state index in [0.717, 1.165) is 19.5 Å². The van der Waals surface area contributed by atoms with Crippen molar-refractivity contribution >= 4 is 11.8 Å². The molecule has 1 saturated carbocycles. The molecule has 1 aliphatic carbocycles. The molecule has 1 aromatic rings. The van der Waals surface area contributed by atoms with E-state index < -0.39 is 5.41 Å². The van der Waals surface area contributed by atoms with Crippen molar-refractivity contribution < 1.29 is 18.8 Å². The van der Waals surface area contributed by atoms with Gasteiger partial charge in [0.2, 0.25) is 17.7 Å². The topological polar surface area (TPSA) is 101 Å². The maximum Gasteiger partial charge on any atom is 0.248 e. The number of methoxy groups -OCH3 is 1. The first-order valence-corrected chi connectivity index (χ1v) is 11.1. The predicted octanol–water partition coefficient (Wildman–Crippen LogP) is 0.875. The first-order chi connectivity index (χ1) is 14.5. The Kier molecular flexibility index (Phi) is 6.38. The third-order valence-corrected chi connectivity index (χ3v) is 6.88. The maximum absolute atomic E-state index is 12.7. The number of amides is 2. The fourth-order valence-electron chi connectivity index (χ4n) is 5.49. The lowest BCUT2D eigenvalue weighted by Crippen LogP contribution is -2.43. The molecule has 0 aromatic carbocycles. The Morgan fingerprint density at radius 2 is 2.03 bits per heavy atom. The molecule has 166 valence electrons. The molecule has 2 amide bonds. The van der Waals surface area contributed by atoms with Gasteiger partial charge in [-0.25, -0.2) is 0 Å². The van der Waals surface area contributed by atoms with Crippen molar-refractivity contribution in [2.24, 2.45) is 5.92 Å². The number of carbonyl (C=O) groups excluding carboxylic acids is 2. The van der Waals surface area contributed by atoms with Crippen LogP contribution in [0.2, 0.25) is 0 Å². The average Bonchev–Trinajstić information content (AvgIpc) is 3.30. The number of hydrogen-bond donors (Lipinski definition) is 1. The monoisotopic (exact) mass is 419 g/mol. The van der Waals surface area contributed by atoms with Gasteiger partial charge in [-0.1, -0.05) is 18.0 Å². The van der Waals surface area contributed by atoms with Gasteiger partial charge in [-0.15, -0.1) is 0 Å². The van der Waals surface area contributed by atoms with Crippen LogP contribution in [0, 0.1) is 12.8 Å². The number of aromatic nitrogens is 2. The first-order valence-electron chi connectivity index (χ1n) is 11.1. The molecule has 3 fully saturated rings. The molecule has 1 unspecified atom stereocenters. The first kappa shape index (κ1) is 21.2. The van der Waals surface area contributed by atoms with Gasteiger partial charge in [0.15, 0.2) is 5.82 Å². The van der Waals surface area contributed by atoms with E-state index in [1.54, 1.807) is 6.92 Å². The molecular formula is C21H33N5O4. The summed E-state index contributed by atoms with van der Waals surface area (Å²) >= 11 is 0. The third kappa shape index (κ3) is 4.37. The van der Waals surface area contributed by atoms with Crippen molar-refractivity contribution in [2.75, 3.05) is 46.4 Å². The smallest absolute Gasteiger partial charge is 0.248 e. The molecule has 3 heterocycles. The van der Waals surface area contributed by atoms with Gasteiger partial charge >= 0.3 is 0 Å². The van der Waals surface area contributed by atoms with Crippen molar-refractivity contribution in [3.63, 3.8) is 0 Å². The summed E-state index contributed by atoms with van der Waals surface area (Å²) in [6, 6.07) is 0.0568. The average molecular weight is 420 g/mol.